The van der Waals surface area contributed by atoms with Gasteiger partial charge >= 0.3 is 0 Å². The van der Waals surface area contributed by atoms with Crippen molar-refractivity contribution in [1.82, 2.24) is 0 Å². The zero-order chi connectivity index (χ0) is 13.9. The first-order valence-electron chi connectivity index (χ1n) is 5.89. The van der Waals surface area contributed by atoms with Crippen LogP contribution in [-0.4, -0.2) is 0 Å². The SMILES string of the molecule is N#COc1ccc2cc3cc(OC#N)ccc3cc2c1. The standard InChI is InChI=1S/C16H8N2O2/c17-9-19-15-3-1-11-5-14-8-16(20-10-18)4-2-12(14)6-13(11)7-15/h1-8H. The summed E-state index contributed by atoms with van der Waals surface area (Å²) in [5.74, 6) is 1.03. The first kappa shape index (κ1) is 11.8. The van der Waals surface area contributed by atoms with Crippen molar-refractivity contribution in [3.63, 3.8) is 0 Å². The van der Waals surface area contributed by atoms with Gasteiger partial charge in [0, 0.05) is 0 Å². The molecule has 0 fully saturated rings. The predicted molar refractivity (Wildman–Crippen MR) is 73.9 cm³/mol. The van der Waals surface area contributed by atoms with Crippen molar-refractivity contribution in [3.05, 3.63) is 48.5 Å². The molecule has 0 N–H and O–H groups in total. The molecule has 20 heavy (non-hydrogen) atoms. The quantitative estimate of drug-likeness (QED) is 0.520. The molecule has 3 aromatic carbocycles. The second kappa shape index (κ2) is 4.79. The van der Waals surface area contributed by atoms with Gasteiger partial charge in [0.1, 0.15) is 11.5 Å². The Morgan fingerprint density at radius 2 is 1.05 bits per heavy atom. The lowest BCUT2D eigenvalue weighted by atomic mass is 10.0. The molecule has 0 aliphatic rings. The van der Waals surface area contributed by atoms with Crippen molar-refractivity contribution in [2.75, 3.05) is 0 Å². The molecule has 0 heterocycles. The summed E-state index contributed by atoms with van der Waals surface area (Å²) in [6.45, 7) is 0. The highest BCUT2D eigenvalue weighted by molar-refractivity contribution is 5.99. The van der Waals surface area contributed by atoms with Crippen LogP contribution in [0.2, 0.25) is 0 Å². The predicted octanol–water partition coefficient (Wildman–Crippen LogP) is 3.71. The minimum absolute atomic E-state index is 0.517. The van der Waals surface area contributed by atoms with Gasteiger partial charge < -0.3 is 9.47 Å². The fourth-order valence-corrected chi connectivity index (χ4v) is 2.19. The average Bonchev–Trinajstić information content (AvgIpc) is 2.46. The molecule has 4 nitrogen and oxygen atoms in total. The molecule has 0 aliphatic carbocycles. The molecule has 0 amide bonds. The zero-order valence-electron chi connectivity index (χ0n) is 10.3. The third kappa shape index (κ3) is 2.07. The summed E-state index contributed by atoms with van der Waals surface area (Å²) in [6.07, 6.45) is 3.32. The van der Waals surface area contributed by atoms with Crippen molar-refractivity contribution < 1.29 is 9.47 Å². The van der Waals surface area contributed by atoms with Crippen LogP contribution in [0, 0.1) is 23.0 Å². The second-order valence-electron chi connectivity index (χ2n) is 4.26. The topological polar surface area (TPSA) is 66.0 Å². The van der Waals surface area contributed by atoms with E-state index in [1.54, 1.807) is 24.6 Å². The Hall–Kier alpha value is -3.24. The highest BCUT2D eigenvalue weighted by Gasteiger charge is 2.02. The van der Waals surface area contributed by atoms with Crippen molar-refractivity contribution >= 4 is 21.5 Å². The van der Waals surface area contributed by atoms with Gasteiger partial charge in [-0.1, -0.05) is 12.1 Å². The number of benzene rings is 3. The Bertz CT molecular complexity index is 813. The molecule has 3 rings (SSSR count). The molecule has 0 spiro atoms. The molecule has 94 valence electrons. The Kier molecular flexibility index (Phi) is 2.84. The molecule has 4 heteroatoms. The van der Waals surface area contributed by atoms with Gasteiger partial charge in [-0.15, -0.1) is 10.5 Å². The first-order valence-corrected chi connectivity index (χ1v) is 5.89. The van der Waals surface area contributed by atoms with Gasteiger partial charge in [-0.05, 0) is 57.9 Å². The van der Waals surface area contributed by atoms with Gasteiger partial charge in [0.25, 0.3) is 12.5 Å². The van der Waals surface area contributed by atoms with E-state index in [9.17, 15) is 0 Å². The lowest BCUT2D eigenvalue weighted by Gasteiger charge is -2.05. The molecule has 0 bridgehead atoms. The van der Waals surface area contributed by atoms with Gasteiger partial charge in [-0.25, -0.2) is 0 Å². The molecular formula is C16H8N2O2. The van der Waals surface area contributed by atoms with Gasteiger partial charge in [0.05, 0.1) is 0 Å². The minimum Gasteiger partial charge on any atom is -0.388 e. The van der Waals surface area contributed by atoms with Gasteiger partial charge in [-0.3, -0.25) is 0 Å². The maximum Gasteiger partial charge on any atom is 0.292 e. The fraction of sp³-hybridized carbons (Fsp3) is 0. The van der Waals surface area contributed by atoms with Gasteiger partial charge in [0.2, 0.25) is 0 Å². The van der Waals surface area contributed by atoms with Crippen LogP contribution in [0.25, 0.3) is 21.5 Å². The molecule has 0 aliphatic heterocycles. The molecule has 0 saturated carbocycles. The first-order chi connectivity index (χ1) is 9.80. The van der Waals surface area contributed by atoms with E-state index in [0.29, 0.717) is 11.5 Å². The number of hydrogen-bond donors (Lipinski definition) is 0. The lowest BCUT2D eigenvalue weighted by Crippen LogP contribution is -1.84. The molecule has 0 saturated heterocycles. The molecule has 0 atom stereocenters. The van der Waals surface area contributed by atoms with Crippen molar-refractivity contribution in [3.8, 4) is 24.0 Å². The average molecular weight is 260 g/mol. The monoisotopic (exact) mass is 260 g/mol. The molecule has 0 aromatic heterocycles. The number of nitriles is 2. The van der Waals surface area contributed by atoms with Crippen LogP contribution in [-0.2, 0) is 0 Å². The van der Waals surface area contributed by atoms with Crippen LogP contribution in [0.15, 0.2) is 48.5 Å². The largest absolute Gasteiger partial charge is 0.388 e. The van der Waals surface area contributed by atoms with E-state index in [4.69, 9.17) is 20.0 Å². The van der Waals surface area contributed by atoms with Crippen molar-refractivity contribution in [1.29, 1.82) is 10.5 Å². The van der Waals surface area contributed by atoms with E-state index in [-0.39, 0.29) is 0 Å². The summed E-state index contributed by atoms with van der Waals surface area (Å²) in [5.41, 5.74) is 0. The summed E-state index contributed by atoms with van der Waals surface area (Å²) < 4.78 is 9.65. The van der Waals surface area contributed by atoms with Crippen molar-refractivity contribution in [2.45, 2.75) is 0 Å². The number of nitrogens with zero attached hydrogens (tertiary/aromatic N) is 2. The number of rotatable bonds is 2. The highest BCUT2D eigenvalue weighted by atomic mass is 16.5. The third-order valence-electron chi connectivity index (χ3n) is 3.07. The summed E-state index contributed by atoms with van der Waals surface area (Å²) in [7, 11) is 0. The van der Waals surface area contributed by atoms with E-state index < -0.39 is 0 Å². The summed E-state index contributed by atoms with van der Waals surface area (Å²) in [5, 5.41) is 21.1. The number of fused-ring (bicyclic) bond motifs is 2. The van der Waals surface area contributed by atoms with E-state index in [1.807, 2.05) is 36.4 Å². The Morgan fingerprint density at radius 1 is 0.600 bits per heavy atom. The van der Waals surface area contributed by atoms with Crippen LogP contribution < -0.4 is 9.47 Å². The van der Waals surface area contributed by atoms with Crippen LogP contribution in [0.4, 0.5) is 0 Å². The molecule has 0 unspecified atom stereocenters. The third-order valence-corrected chi connectivity index (χ3v) is 3.07. The van der Waals surface area contributed by atoms with E-state index in [0.717, 1.165) is 21.5 Å². The van der Waals surface area contributed by atoms with Gasteiger partial charge in [-0.2, -0.15) is 0 Å². The maximum absolute atomic E-state index is 8.53. The normalized spacial score (nSPS) is 9.90. The fourth-order valence-electron chi connectivity index (χ4n) is 2.19. The second-order valence-corrected chi connectivity index (χ2v) is 4.26. The van der Waals surface area contributed by atoms with Crippen LogP contribution in [0.5, 0.6) is 11.5 Å². The van der Waals surface area contributed by atoms with Crippen LogP contribution in [0.1, 0.15) is 0 Å². The van der Waals surface area contributed by atoms with E-state index in [1.165, 1.54) is 0 Å². The molecule has 3 aromatic rings. The van der Waals surface area contributed by atoms with E-state index in [2.05, 4.69) is 0 Å². The Balaban J connectivity index is 2.18. The minimum atomic E-state index is 0.517. The summed E-state index contributed by atoms with van der Waals surface area (Å²) >= 11 is 0. The smallest absolute Gasteiger partial charge is 0.292 e. The maximum atomic E-state index is 8.53. The zero-order valence-corrected chi connectivity index (χ0v) is 10.3. The van der Waals surface area contributed by atoms with E-state index >= 15 is 0 Å². The summed E-state index contributed by atoms with van der Waals surface area (Å²) in [4.78, 5) is 0. The lowest BCUT2D eigenvalue weighted by molar-refractivity contribution is 0.507. The molecule has 0 radical (unpaired) electrons. The Morgan fingerprint density at radius 3 is 1.45 bits per heavy atom. The Labute approximate surface area is 115 Å². The van der Waals surface area contributed by atoms with Crippen molar-refractivity contribution in [2.24, 2.45) is 0 Å². The number of ether oxygens (including phenoxy) is 2. The molecular weight excluding hydrogens is 252 g/mol. The summed E-state index contributed by atoms with van der Waals surface area (Å²) in [6, 6.07) is 14.9. The highest BCUT2D eigenvalue weighted by Crippen LogP contribution is 2.28. The number of hydrogen-bond acceptors (Lipinski definition) is 4. The van der Waals surface area contributed by atoms with Gasteiger partial charge in [0.15, 0.2) is 0 Å². The van der Waals surface area contributed by atoms with Crippen LogP contribution in [0.3, 0.4) is 0 Å². The van der Waals surface area contributed by atoms with Crippen LogP contribution >= 0.6 is 0 Å².